The molecule has 1 rings (SSSR count). The Bertz CT molecular complexity index is 182. The molecule has 0 radical (unpaired) electrons. The van der Waals surface area contributed by atoms with Gasteiger partial charge in [-0.05, 0) is 18.9 Å². The molecule has 70 valence electrons. The predicted molar refractivity (Wildman–Crippen MR) is 45.4 cm³/mol. The molecule has 0 spiro atoms. The van der Waals surface area contributed by atoms with Gasteiger partial charge in [0.1, 0.15) is 0 Å². The van der Waals surface area contributed by atoms with E-state index in [0.29, 0.717) is 0 Å². The van der Waals surface area contributed by atoms with Gasteiger partial charge in [0.2, 0.25) is 0 Å². The highest BCUT2D eigenvalue weighted by Gasteiger charge is 2.40. The van der Waals surface area contributed by atoms with E-state index in [1.165, 1.54) is 5.57 Å². The number of hydrogen-bond acceptors (Lipinski definition) is 3. The Morgan fingerprint density at radius 1 is 1.50 bits per heavy atom. The quantitative estimate of drug-likeness (QED) is 0.595. The van der Waals surface area contributed by atoms with Gasteiger partial charge in [0.05, 0.1) is 12.2 Å². The Labute approximate surface area is 73.3 Å². The lowest BCUT2D eigenvalue weighted by Gasteiger charge is -2.37. The monoisotopic (exact) mass is 172 g/mol. The molecule has 0 fully saturated rings. The van der Waals surface area contributed by atoms with Crippen molar-refractivity contribution in [3.8, 4) is 0 Å². The van der Waals surface area contributed by atoms with Crippen molar-refractivity contribution < 1.29 is 14.2 Å². The van der Waals surface area contributed by atoms with Crippen molar-refractivity contribution in [1.29, 1.82) is 0 Å². The van der Waals surface area contributed by atoms with Crippen LogP contribution in [0.1, 0.15) is 20.3 Å². The molecule has 3 nitrogen and oxygen atoms in total. The Morgan fingerprint density at radius 2 is 2.08 bits per heavy atom. The molecule has 0 bridgehead atoms. The van der Waals surface area contributed by atoms with Crippen LogP contribution in [0.15, 0.2) is 11.8 Å². The number of rotatable bonds is 2. The van der Waals surface area contributed by atoms with Crippen LogP contribution in [0.3, 0.4) is 0 Å². The predicted octanol–water partition coefficient (Wildman–Crippen LogP) is 1.89. The van der Waals surface area contributed by atoms with Gasteiger partial charge in [-0.1, -0.05) is 6.92 Å². The Morgan fingerprint density at radius 3 is 2.50 bits per heavy atom. The second-order valence-corrected chi connectivity index (χ2v) is 3.20. The maximum absolute atomic E-state index is 5.38. The maximum atomic E-state index is 5.38. The molecule has 0 saturated heterocycles. The molecule has 0 N–H and O–H groups in total. The van der Waals surface area contributed by atoms with E-state index in [-0.39, 0.29) is 5.92 Å². The molecule has 1 aliphatic heterocycles. The molecular formula is C9H16O3. The van der Waals surface area contributed by atoms with Crippen molar-refractivity contribution >= 4 is 0 Å². The van der Waals surface area contributed by atoms with E-state index in [0.717, 1.165) is 6.42 Å². The highest BCUT2D eigenvalue weighted by molar-refractivity contribution is 5.00. The van der Waals surface area contributed by atoms with Crippen LogP contribution in [0.5, 0.6) is 0 Å². The molecule has 0 amide bonds. The van der Waals surface area contributed by atoms with E-state index in [2.05, 4.69) is 0 Å². The molecule has 0 saturated carbocycles. The summed E-state index contributed by atoms with van der Waals surface area (Å²) in [5.74, 6) is -0.656. The van der Waals surface area contributed by atoms with Crippen LogP contribution in [-0.2, 0) is 14.2 Å². The summed E-state index contributed by atoms with van der Waals surface area (Å²) in [7, 11) is 3.18. The molecule has 1 aliphatic rings. The first kappa shape index (κ1) is 9.55. The minimum Gasteiger partial charge on any atom is -0.447 e. The van der Waals surface area contributed by atoms with Crippen molar-refractivity contribution in [2.45, 2.75) is 26.2 Å². The normalized spacial score (nSPS) is 27.7. The van der Waals surface area contributed by atoms with Crippen LogP contribution >= 0.6 is 0 Å². The average molecular weight is 172 g/mol. The lowest BCUT2D eigenvalue weighted by atomic mass is 9.98. The van der Waals surface area contributed by atoms with Gasteiger partial charge in [-0.2, -0.15) is 0 Å². The number of ether oxygens (including phenoxy) is 3. The molecule has 0 aromatic rings. The summed E-state index contributed by atoms with van der Waals surface area (Å²) >= 11 is 0. The largest absolute Gasteiger partial charge is 0.447 e. The van der Waals surface area contributed by atoms with Crippen molar-refractivity contribution in [1.82, 2.24) is 0 Å². The highest BCUT2D eigenvalue weighted by Crippen LogP contribution is 2.33. The fraction of sp³-hybridized carbons (Fsp3) is 0.778. The summed E-state index contributed by atoms with van der Waals surface area (Å²) in [5, 5.41) is 0. The summed E-state index contributed by atoms with van der Waals surface area (Å²) < 4.78 is 15.8. The number of hydrogen-bond donors (Lipinski definition) is 0. The van der Waals surface area contributed by atoms with E-state index in [1.807, 2.05) is 13.8 Å². The second-order valence-electron chi connectivity index (χ2n) is 3.20. The van der Waals surface area contributed by atoms with E-state index < -0.39 is 5.97 Å². The van der Waals surface area contributed by atoms with Crippen molar-refractivity contribution in [2.75, 3.05) is 14.2 Å². The summed E-state index contributed by atoms with van der Waals surface area (Å²) in [4.78, 5) is 0. The van der Waals surface area contributed by atoms with Gasteiger partial charge in [-0.15, -0.1) is 0 Å². The molecular weight excluding hydrogens is 156 g/mol. The highest BCUT2D eigenvalue weighted by atomic mass is 16.9. The summed E-state index contributed by atoms with van der Waals surface area (Å²) in [6.07, 6.45) is 2.65. The van der Waals surface area contributed by atoms with Crippen LogP contribution in [0.4, 0.5) is 0 Å². The molecule has 1 atom stereocenters. The first-order chi connectivity index (χ1) is 5.64. The van der Waals surface area contributed by atoms with E-state index >= 15 is 0 Å². The van der Waals surface area contributed by atoms with Crippen LogP contribution < -0.4 is 0 Å². The zero-order chi connectivity index (χ0) is 9.19. The zero-order valence-electron chi connectivity index (χ0n) is 8.09. The van der Waals surface area contributed by atoms with Gasteiger partial charge in [0.15, 0.2) is 0 Å². The van der Waals surface area contributed by atoms with Crippen molar-refractivity contribution in [3.63, 3.8) is 0 Å². The van der Waals surface area contributed by atoms with Gasteiger partial charge in [0, 0.05) is 14.2 Å². The van der Waals surface area contributed by atoms with E-state index in [9.17, 15) is 0 Å². The molecule has 1 unspecified atom stereocenters. The third kappa shape index (κ3) is 1.47. The zero-order valence-corrected chi connectivity index (χ0v) is 8.09. The first-order valence-electron chi connectivity index (χ1n) is 4.08. The fourth-order valence-electron chi connectivity index (χ4n) is 1.54. The Hall–Kier alpha value is -0.540. The van der Waals surface area contributed by atoms with Gasteiger partial charge < -0.3 is 14.2 Å². The minimum absolute atomic E-state index is 0.220. The first-order valence-corrected chi connectivity index (χ1v) is 4.08. The minimum atomic E-state index is -0.875. The fourth-order valence-corrected chi connectivity index (χ4v) is 1.54. The van der Waals surface area contributed by atoms with Gasteiger partial charge in [-0.3, -0.25) is 0 Å². The lowest BCUT2D eigenvalue weighted by molar-refractivity contribution is -0.370. The SMILES string of the molecule is COC1(OC)OC=C(C)CC1C. The van der Waals surface area contributed by atoms with Crippen molar-refractivity contribution in [3.05, 3.63) is 11.8 Å². The Kier molecular flexibility index (Phi) is 2.75. The molecule has 1 heterocycles. The smallest absolute Gasteiger partial charge is 0.328 e. The van der Waals surface area contributed by atoms with Gasteiger partial charge in [-0.25, -0.2) is 0 Å². The van der Waals surface area contributed by atoms with Gasteiger partial charge in [0.25, 0.3) is 0 Å². The maximum Gasteiger partial charge on any atom is 0.328 e. The third-order valence-electron chi connectivity index (χ3n) is 2.23. The number of allylic oxidation sites excluding steroid dienone is 1. The Balaban J connectivity index is 2.78. The van der Waals surface area contributed by atoms with Crippen LogP contribution in [0.25, 0.3) is 0 Å². The lowest BCUT2D eigenvalue weighted by Crippen LogP contribution is -2.44. The molecule has 0 aliphatic carbocycles. The van der Waals surface area contributed by atoms with Gasteiger partial charge >= 0.3 is 5.97 Å². The van der Waals surface area contributed by atoms with Crippen LogP contribution in [-0.4, -0.2) is 20.2 Å². The van der Waals surface area contributed by atoms with E-state index in [4.69, 9.17) is 14.2 Å². The summed E-state index contributed by atoms with van der Waals surface area (Å²) in [6.45, 7) is 4.08. The van der Waals surface area contributed by atoms with E-state index in [1.54, 1.807) is 20.5 Å². The average Bonchev–Trinajstić information content (AvgIpc) is 2.06. The number of methoxy groups -OCH3 is 2. The summed E-state index contributed by atoms with van der Waals surface area (Å²) in [5.41, 5.74) is 1.22. The van der Waals surface area contributed by atoms with Crippen LogP contribution in [0.2, 0.25) is 0 Å². The second kappa shape index (κ2) is 3.46. The molecule has 0 aromatic carbocycles. The summed E-state index contributed by atoms with van der Waals surface area (Å²) in [6, 6.07) is 0. The molecule has 12 heavy (non-hydrogen) atoms. The molecule has 3 heteroatoms. The molecule has 0 aromatic heterocycles. The standard InChI is InChI=1S/C9H16O3/c1-7-5-8(2)9(10-3,11-4)12-6-7/h6,8H,5H2,1-4H3. The van der Waals surface area contributed by atoms with Crippen molar-refractivity contribution in [2.24, 2.45) is 5.92 Å². The third-order valence-corrected chi connectivity index (χ3v) is 2.23. The topological polar surface area (TPSA) is 27.7 Å². The van der Waals surface area contributed by atoms with Crippen LogP contribution in [0, 0.1) is 5.92 Å².